The van der Waals surface area contributed by atoms with Gasteiger partial charge in [-0.15, -0.1) is 0 Å². The maximum atomic E-state index is 11.0. The lowest BCUT2D eigenvalue weighted by Gasteiger charge is -2.33. The third-order valence-corrected chi connectivity index (χ3v) is 4.19. The molecule has 0 spiro atoms. The highest BCUT2D eigenvalue weighted by molar-refractivity contribution is 5.33. The molecule has 22 heavy (non-hydrogen) atoms. The molecule has 7 heteroatoms. The Morgan fingerprint density at radius 1 is 1.36 bits per heavy atom. The monoisotopic (exact) mass is 308 g/mol. The second-order valence-corrected chi connectivity index (χ2v) is 6.08. The predicted molar refractivity (Wildman–Crippen MR) is 82.2 cm³/mol. The third-order valence-electron chi connectivity index (χ3n) is 4.19. The lowest BCUT2D eigenvalue weighted by molar-refractivity contribution is -0.0439. The Hall–Kier alpha value is -1.44. The van der Waals surface area contributed by atoms with Gasteiger partial charge in [0.25, 0.3) is 0 Å². The van der Waals surface area contributed by atoms with Crippen LogP contribution >= 0.6 is 0 Å². The molecule has 1 aromatic rings. The summed E-state index contributed by atoms with van der Waals surface area (Å²) in [7, 11) is 1.58. The molecule has 2 fully saturated rings. The molecule has 0 bridgehead atoms. The van der Waals surface area contributed by atoms with Gasteiger partial charge in [0.1, 0.15) is 5.60 Å². The van der Waals surface area contributed by atoms with Crippen LogP contribution in [0.25, 0.3) is 0 Å². The predicted octanol–water partition coefficient (Wildman–Crippen LogP) is 0.149. The summed E-state index contributed by atoms with van der Waals surface area (Å²) in [6, 6.07) is 1.72. The maximum Gasteiger partial charge on any atom is 0.228 e. The average Bonchev–Trinajstić information content (AvgIpc) is 2.95. The zero-order chi connectivity index (χ0) is 15.4. The topological polar surface area (TPSA) is 71.0 Å². The van der Waals surface area contributed by atoms with E-state index in [9.17, 15) is 5.11 Å². The molecule has 122 valence electrons. The van der Waals surface area contributed by atoms with Crippen LogP contribution in [0.15, 0.2) is 12.3 Å². The lowest BCUT2D eigenvalue weighted by Crippen LogP contribution is -2.52. The normalized spacial score (nSPS) is 26.9. The largest absolute Gasteiger partial charge is 0.481 e. The number of ether oxygens (including phenoxy) is 2. The van der Waals surface area contributed by atoms with Gasteiger partial charge in [-0.2, -0.15) is 4.98 Å². The van der Waals surface area contributed by atoms with Crippen molar-refractivity contribution in [3.63, 3.8) is 0 Å². The first kappa shape index (κ1) is 15.5. The molecule has 3 rings (SSSR count). The van der Waals surface area contributed by atoms with E-state index < -0.39 is 5.60 Å². The molecule has 0 radical (unpaired) electrons. The summed E-state index contributed by atoms with van der Waals surface area (Å²) in [5.74, 6) is 1.10. The Bertz CT molecular complexity index is 495. The van der Waals surface area contributed by atoms with Crippen molar-refractivity contribution in [1.29, 1.82) is 0 Å². The first-order chi connectivity index (χ1) is 10.7. The van der Waals surface area contributed by atoms with Crippen LogP contribution in [-0.2, 0) is 4.74 Å². The molecule has 2 aliphatic rings. The van der Waals surface area contributed by atoms with Gasteiger partial charge in [-0.3, -0.25) is 0 Å². The minimum Gasteiger partial charge on any atom is -0.481 e. The van der Waals surface area contributed by atoms with Crippen molar-refractivity contribution < 1.29 is 14.6 Å². The highest BCUT2D eigenvalue weighted by Crippen LogP contribution is 2.21. The number of methoxy groups -OCH3 is 1. The van der Waals surface area contributed by atoms with Crippen molar-refractivity contribution in [2.75, 3.05) is 57.9 Å². The molecule has 7 nitrogen and oxygen atoms in total. The zero-order valence-corrected chi connectivity index (χ0v) is 13.1. The van der Waals surface area contributed by atoms with Crippen molar-refractivity contribution >= 4 is 5.95 Å². The Labute approximate surface area is 130 Å². The molecular formula is C15H24N4O3. The SMILES string of the molecule is COc1ccnc(N2CCOC[C@@](O)(CN3CCCC3)C2)n1. The average molecular weight is 308 g/mol. The van der Waals surface area contributed by atoms with Crippen LogP contribution < -0.4 is 9.64 Å². The lowest BCUT2D eigenvalue weighted by atomic mass is 10.0. The summed E-state index contributed by atoms with van der Waals surface area (Å²) in [5, 5.41) is 11.0. The van der Waals surface area contributed by atoms with Gasteiger partial charge in [-0.25, -0.2) is 4.98 Å². The molecular weight excluding hydrogens is 284 g/mol. The van der Waals surface area contributed by atoms with Crippen LogP contribution in [0.4, 0.5) is 5.95 Å². The maximum absolute atomic E-state index is 11.0. The Kier molecular flexibility index (Phi) is 4.75. The standard InChI is InChI=1S/C15H24N4O3/c1-21-13-4-5-16-14(17-13)19-8-9-22-12-15(20,11-19)10-18-6-2-3-7-18/h4-5,20H,2-3,6-12H2,1H3/t15-/m1/s1. The summed E-state index contributed by atoms with van der Waals surface area (Å²) in [5.41, 5.74) is -0.896. The van der Waals surface area contributed by atoms with Crippen molar-refractivity contribution in [1.82, 2.24) is 14.9 Å². The summed E-state index contributed by atoms with van der Waals surface area (Å²) < 4.78 is 10.8. The molecule has 1 aromatic heterocycles. The molecule has 0 aliphatic carbocycles. The fourth-order valence-corrected chi connectivity index (χ4v) is 3.14. The van der Waals surface area contributed by atoms with E-state index in [1.807, 2.05) is 4.90 Å². The van der Waals surface area contributed by atoms with Crippen molar-refractivity contribution in [2.24, 2.45) is 0 Å². The van der Waals surface area contributed by atoms with Gasteiger partial charge in [0.2, 0.25) is 11.8 Å². The fraction of sp³-hybridized carbons (Fsp3) is 0.733. The van der Waals surface area contributed by atoms with E-state index in [0.717, 1.165) is 13.1 Å². The van der Waals surface area contributed by atoms with E-state index in [0.29, 0.717) is 44.7 Å². The smallest absolute Gasteiger partial charge is 0.228 e. The molecule has 1 N–H and O–H groups in total. The van der Waals surface area contributed by atoms with Gasteiger partial charge in [0, 0.05) is 25.4 Å². The summed E-state index contributed by atoms with van der Waals surface area (Å²) >= 11 is 0. The van der Waals surface area contributed by atoms with E-state index in [4.69, 9.17) is 9.47 Å². The number of anilines is 1. The molecule has 0 aromatic carbocycles. The fourth-order valence-electron chi connectivity index (χ4n) is 3.14. The molecule has 1 atom stereocenters. The van der Waals surface area contributed by atoms with Gasteiger partial charge in [-0.1, -0.05) is 0 Å². The van der Waals surface area contributed by atoms with Gasteiger partial charge in [0.05, 0.1) is 26.9 Å². The first-order valence-electron chi connectivity index (χ1n) is 7.83. The molecule has 2 saturated heterocycles. The highest BCUT2D eigenvalue weighted by Gasteiger charge is 2.36. The Morgan fingerprint density at radius 2 is 2.18 bits per heavy atom. The number of nitrogens with zero attached hydrogens (tertiary/aromatic N) is 4. The highest BCUT2D eigenvalue weighted by atomic mass is 16.5. The number of aliphatic hydroxyl groups is 1. The van der Waals surface area contributed by atoms with Crippen molar-refractivity contribution in [3.05, 3.63) is 12.3 Å². The van der Waals surface area contributed by atoms with E-state index in [1.165, 1.54) is 12.8 Å². The van der Waals surface area contributed by atoms with Crippen molar-refractivity contribution in [2.45, 2.75) is 18.4 Å². The van der Waals surface area contributed by atoms with Gasteiger partial charge < -0.3 is 24.4 Å². The van der Waals surface area contributed by atoms with Crippen LogP contribution in [0.5, 0.6) is 5.88 Å². The Morgan fingerprint density at radius 3 is 2.95 bits per heavy atom. The number of β-amino-alcohol motifs (C(OH)–C–C–N with tert-alkyl or cyclic N) is 1. The van der Waals surface area contributed by atoms with Crippen molar-refractivity contribution in [3.8, 4) is 5.88 Å². The Balaban J connectivity index is 1.73. The number of likely N-dealkylation sites (tertiary alicyclic amines) is 1. The third kappa shape index (κ3) is 3.66. The van der Waals surface area contributed by atoms with E-state index in [1.54, 1.807) is 19.4 Å². The number of aromatic nitrogens is 2. The second-order valence-electron chi connectivity index (χ2n) is 6.08. The van der Waals surface area contributed by atoms with Gasteiger partial charge in [0.15, 0.2) is 0 Å². The minimum absolute atomic E-state index is 0.351. The molecule has 0 saturated carbocycles. The summed E-state index contributed by atoms with van der Waals surface area (Å²) in [6.45, 7) is 4.78. The van der Waals surface area contributed by atoms with E-state index >= 15 is 0 Å². The number of hydrogen-bond acceptors (Lipinski definition) is 7. The van der Waals surface area contributed by atoms with Crippen LogP contribution in [0.1, 0.15) is 12.8 Å². The second kappa shape index (κ2) is 6.76. The molecule has 3 heterocycles. The molecule has 0 unspecified atom stereocenters. The van der Waals surface area contributed by atoms with Gasteiger partial charge >= 0.3 is 0 Å². The number of rotatable bonds is 4. The first-order valence-corrected chi connectivity index (χ1v) is 7.83. The summed E-state index contributed by atoms with van der Waals surface area (Å²) in [6.07, 6.45) is 4.09. The molecule has 2 aliphatic heterocycles. The van der Waals surface area contributed by atoms with Crippen LogP contribution in [0.3, 0.4) is 0 Å². The van der Waals surface area contributed by atoms with Crippen LogP contribution in [0.2, 0.25) is 0 Å². The summed E-state index contributed by atoms with van der Waals surface area (Å²) in [4.78, 5) is 13.0. The quantitative estimate of drug-likeness (QED) is 0.849. The number of hydrogen-bond donors (Lipinski definition) is 1. The minimum atomic E-state index is -0.896. The van der Waals surface area contributed by atoms with Crippen LogP contribution in [-0.4, -0.2) is 78.6 Å². The van der Waals surface area contributed by atoms with E-state index in [-0.39, 0.29) is 0 Å². The zero-order valence-electron chi connectivity index (χ0n) is 13.1. The van der Waals surface area contributed by atoms with E-state index in [2.05, 4.69) is 14.9 Å². The van der Waals surface area contributed by atoms with Gasteiger partial charge in [-0.05, 0) is 25.9 Å². The molecule has 0 amide bonds. The van der Waals surface area contributed by atoms with Crippen LogP contribution in [0, 0.1) is 0 Å².